The molecular formula is C20H23N7OS. The zero-order chi connectivity index (χ0) is 20.2. The molecule has 3 aromatic rings. The van der Waals surface area contributed by atoms with Gasteiger partial charge in [0.05, 0.1) is 11.4 Å². The van der Waals surface area contributed by atoms with Crippen molar-refractivity contribution in [2.75, 3.05) is 36.8 Å². The molecule has 0 atom stereocenters. The number of anilines is 1. The highest BCUT2D eigenvalue weighted by molar-refractivity contribution is 7.99. The average Bonchev–Trinajstić information content (AvgIpc) is 3.23. The third-order valence-electron chi connectivity index (χ3n) is 5.11. The molecular weight excluding hydrogens is 386 g/mol. The summed E-state index contributed by atoms with van der Waals surface area (Å²) in [5.74, 6) is 1.38. The van der Waals surface area contributed by atoms with Crippen LogP contribution in [0.2, 0.25) is 0 Å². The third-order valence-corrected chi connectivity index (χ3v) is 6.01. The van der Waals surface area contributed by atoms with Gasteiger partial charge >= 0.3 is 0 Å². The summed E-state index contributed by atoms with van der Waals surface area (Å²) in [5, 5.41) is 12.6. The Kier molecular flexibility index (Phi) is 5.75. The van der Waals surface area contributed by atoms with Crippen molar-refractivity contribution in [1.29, 1.82) is 0 Å². The van der Waals surface area contributed by atoms with E-state index >= 15 is 0 Å². The fourth-order valence-corrected chi connectivity index (χ4v) is 4.03. The normalized spacial score (nSPS) is 14.3. The molecule has 1 aromatic carbocycles. The van der Waals surface area contributed by atoms with Gasteiger partial charge in [-0.3, -0.25) is 4.79 Å². The second-order valence-electron chi connectivity index (χ2n) is 6.99. The second kappa shape index (κ2) is 8.60. The summed E-state index contributed by atoms with van der Waals surface area (Å²) in [4.78, 5) is 21.2. The lowest BCUT2D eigenvalue weighted by atomic mass is 10.1. The molecule has 0 unspecified atom stereocenters. The summed E-state index contributed by atoms with van der Waals surface area (Å²) in [6.07, 6.45) is 1.79. The average molecular weight is 410 g/mol. The standard InChI is InChI=1S/C20H23N7OS/c1-15-6-7-17(13-16(15)2)27-20(22-23-24-27)29-14-19(28)26-11-9-25(10-12-26)18-5-3-4-8-21-18/h3-8,13H,9-12,14H2,1-2H3. The van der Waals surface area contributed by atoms with Gasteiger partial charge in [-0.1, -0.05) is 23.9 Å². The topological polar surface area (TPSA) is 80.0 Å². The van der Waals surface area contributed by atoms with Gasteiger partial charge in [0.15, 0.2) is 0 Å². The summed E-state index contributed by atoms with van der Waals surface area (Å²) in [6, 6.07) is 12.0. The molecule has 3 heterocycles. The van der Waals surface area contributed by atoms with Crippen LogP contribution in [0.1, 0.15) is 11.1 Å². The van der Waals surface area contributed by atoms with E-state index in [1.807, 2.05) is 35.2 Å². The fourth-order valence-electron chi connectivity index (χ4n) is 3.23. The Labute approximate surface area is 173 Å². The lowest BCUT2D eigenvalue weighted by Crippen LogP contribution is -2.49. The Bertz CT molecular complexity index is 984. The van der Waals surface area contributed by atoms with Gasteiger partial charge in [0.2, 0.25) is 11.1 Å². The van der Waals surface area contributed by atoms with E-state index in [0.29, 0.717) is 24.0 Å². The second-order valence-corrected chi connectivity index (χ2v) is 7.93. The molecule has 0 radical (unpaired) electrons. The Hall–Kier alpha value is -2.94. The SMILES string of the molecule is Cc1ccc(-n2nnnc2SCC(=O)N2CCN(c3ccccn3)CC2)cc1C. The molecule has 0 saturated carbocycles. The molecule has 0 bridgehead atoms. The molecule has 2 aromatic heterocycles. The van der Waals surface area contributed by atoms with E-state index in [4.69, 9.17) is 0 Å². The number of amides is 1. The van der Waals surface area contributed by atoms with Gasteiger partial charge in [0, 0.05) is 32.4 Å². The Morgan fingerprint density at radius 1 is 1.07 bits per heavy atom. The van der Waals surface area contributed by atoms with Crippen LogP contribution in [0.3, 0.4) is 0 Å². The Balaban J connectivity index is 1.34. The van der Waals surface area contributed by atoms with Gasteiger partial charge < -0.3 is 9.80 Å². The van der Waals surface area contributed by atoms with Crippen LogP contribution < -0.4 is 4.90 Å². The molecule has 29 heavy (non-hydrogen) atoms. The van der Waals surface area contributed by atoms with E-state index in [9.17, 15) is 4.79 Å². The monoisotopic (exact) mass is 409 g/mol. The number of pyridine rings is 1. The minimum absolute atomic E-state index is 0.102. The molecule has 8 nitrogen and oxygen atoms in total. The molecule has 150 valence electrons. The van der Waals surface area contributed by atoms with Gasteiger partial charge in [0.1, 0.15) is 5.82 Å². The third kappa shape index (κ3) is 4.40. The van der Waals surface area contributed by atoms with Crippen LogP contribution in [0.25, 0.3) is 5.69 Å². The largest absolute Gasteiger partial charge is 0.353 e. The van der Waals surface area contributed by atoms with E-state index < -0.39 is 0 Å². The minimum Gasteiger partial charge on any atom is -0.353 e. The maximum atomic E-state index is 12.7. The van der Waals surface area contributed by atoms with Crippen LogP contribution in [0.15, 0.2) is 47.8 Å². The smallest absolute Gasteiger partial charge is 0.233 e. The number of carbonyl (C=O) groups excluding carboxylic acids is 1. The van der Waals surface area contributed by atoms with Crippen LogP contribution in [0.4, 0.5) is 5.82 Å². The van der Waals surface area contributed by atoms with Crippen molar-refractivity contribution < 1.29 is 4.79 Å². The summed E-state index contributed by atoms with van der Waals surface area (Å²) in [5.41, 5.74) is 3.30. The highest BCUT2D eigenvalue weighted by Crippen LogP contribution is 2.21. The van der Waals surface area contributed by atoms with Gasteiger partial charge in [-0.2, -0.15) is 4.68 Å². The van der Waals surface area contributed by atoms with Crippen molar-refractivity contribution in [3.63, 3.8) is 0 Å². The van der Waals surface area contributed by atoms with E-state index in [2.05, 4.69) is 45.3 Å². The fraction of sp³-hybridized carbons (Fsp3) is 0.350. The van der Waals surface area contributed by atoms with Crippen molar-refractivity contribution in [2.45, 2.75) is 19.0 Å². The quantitative estimate of drug-likeness (QED) is 0.597. The van der Waals surface area contributed by atoms with Gasteiger partial charge in [0.25, 0.3) is 0 Å². The lowest BCUT2D eigenvalue weighted by molar-refractivity contribution is -0.128. The number of thioether (sulfide) groups is 1. The number of hydrogen-bond donors (Lipinski definition) is 0. The number of tetrazole rings is 1. The predicted molar refractivity (Wildman–Crippen MR) is 112 cm³/mol. The minimum atomic E-state index is 0.102. The van der Waals surface area contributed by atoms with E-state index in [-0.39, 0.29) is 5.91 Å². The van der Waals surface area contributed by atoms with Crippen molar-refractivity contribution in [2.24, 2.45) is 0 Å². The molecule has 1 aliphatic heterocycles. The number of nitrogens with zero attached hydrogens (tertiary/aromatic N) is 7. The first-order valence-electron chi connectivity index (χ1n) is 9.54. The Morgan fingerprint density at radius 2 is 1.90 bits per heavy atom. The van der Waals surface area contributed by atoms with Crippen LogP contribution in [-0.2, 0) is 4.79 Å². The van der Waals surface area contributed by atoms with E-state index in [1.165, 1.54) is 22.9 Å². The van der Waals surface area contributed by atoms with Gasteiger partial charge in [-0.25, -0.2) is 4.98 Å². The molecule has 0 N–H and O–H groups in total. The van der Waals surface area contributed by atoms with Crippen LogP contribution >= 0.6 is 11.8 Å². The molecule has 0 spiro atoms. The number of aryl methyl sites for hydroxylation is 2. The van der Waals surface area contributed by atoms with Crippen LogP contribution in [0.5, 0.6) is 0 Å². The first kappa shape index (κ1) is 19.4. The molecule has 9 heteroatoms. The van der Waals surface area contributed by atoms with Crippen LogP contribution in [0, 0.1) is 13.8 Å². The Morgan fingerprint density at radius 3 is 2.62 bits per heavy atom. The number of rotatable bonds is 5. The summed E-state index contributed by atoms with van der Waals surface area (Å²) in [7, 11) is 0. The maximum absolute atomic E-state index is 12.7. The first-order chi connectivity index (χ1) is 14.1. The summed E-state index contributed by atoms with van der Waals surface area (Å²) in [6.45, 7) is 7.09. The molecule has 1 amide bonds. The molecule has 1 saturated heterocycles. The molecule has 1 aliphatic rings. The molecule has 1 fully saturated rings. The number of hydrogen-bond acceptors (Lipinski definition) is 7. The summed E-state index contributed by atoms with van der Waals surface area (Å²) < 4.78 is 1.68. The molecule has 0 aliphatic carbocycles. The van der Waals surface area contributed by atoms with Crippen molar-refractivity contribution in [3.8, 4) is 5.69 Å². The number of carbonyl (C=O) groups is 1. The van der Waals surface area contributed by atoms with Crippen molar-refractivity contribution in [3.05, 3.63) is 53.7 Å². The lowest BCUT2D eigenvalue weighted by Gasteiger charge is -2.35. The zero-order valence-electron chi connectivity index (χ0n) is 16.5. The summed E-state index contributed by atoms with van der Waals surface area (Å²) >= 11 is 1.37. The van der Waals surface area contributed by atoms with Gasteiger partial charge in [-0.05, 0) is 59.7 Å². The zero-order valence-corrected chi connectivity index (χ0v) is 17.3. The number of aromatic nitrogens is 5. The van der Waals surface area contributed by atoms with Crippen molar-refractivity contribution >= 4 is 23.5 Å². The van der Waals surface area contributed by atoms with Crippen molar-refractivity contribution in [1.82, 2.24) is 30.1 Å². The van der Waals surface area contributed by atoms with Crippen LogP contribution in [-0.4, -0.2) is 67.9 Å². The molecule has 4 rings (SSSR count). The number of piperazine rings is 1. The van der Waals surface area contributed by atoms with E-state index in [1.54, 1.807) is 10.9 Å². The number of benzene rings is 1. The van der Waals surface area contributed by atoms with E-state index in [0.717, 1.165) is 24.6 Å². The maximum Gasteiger partial charge on any atom is 0.233 e. The predicted octanol–water partition coefficient (Wildman–Crippen LogP) is 2.12. The van der Waals surface area contributed by atoms with Gasteiger partial charge in [-0.15, -0.1) is 5.10 Å². The highest BCUT2D eigenvalue weighted by atomic mass is 32.2. The highest BCUT2D eigenvalue weighted by Gasteiger charge is 2.22. The first-order valence-corrected chi connectivity index (χ1v) is 10.5.